The molecule has 6 nitrogen and oxygen atoms in total. The zero-order valence-electron chi connectivity index (χ0n) is 22.1. The molecule has 3 aliphatic heterocycles. The minimum absolute atomic E-state index is 0.0427. The third-order valence-electron chi connectivity index (χ3n) is 8.59. The summed E-state index contributed by atoms with van der Waals surface area (Å²) in [7, 11) is 0. The molecule has 0 spiro atoms. The molecule has 1 amide bonds. The van der Waals surface area contributed by atoms with Gasteiger partial charge in [0.1, 0.15) is 0 Å². The summed E-state index contributed by atoms with van der Waals surface area (Å²) in [5.41, 5.74) is -1.74. The van der Waals surface area contributed by atoms with E-state index in [0.29, 0.717) is 38.3 Å². The van der Waals surface area contributed by atoms with Crippen LogP contribution >= 0.6 is 0 Å². The number of aromatic nitrogens is 1. The lowest BCUT2D eigenvalue weighted by Gasteiger charge is -2.44. The number of hydrogen-bond donors (Lipinski definition) is 1. The van der Waals surface area contributed by atoms with Crippen LogP contribution in [0, 0.1) is 0 Å². The molecule has 3 atom stereocenters. The summed E-state index contributed by atoms with van der Waals surface area (Å²) in [5, 5.41) is 0.966. The van der Waals surface area contributed by atoms with E-state index < -0.39 is 41.0 Å². The molecule has 0 bridgehead atoms. The number of nitrogens with zero attached hydrogens (tertiary/aromatic N) is 3. The molecule has 3 unspecified atom stereocenters. The van der Waals surface area contributed by atoms with E-state index in [1.807, 2.05) is 30.5 Å². The van der Waals surface area contributed by atoms with Gasteiger partial charge in [-0.05, 0) is 42.7 Å². The van der Waals surface area contributed by atoms with Crippen LogP contribution < -0.4 is 0 Å². The number of halogens is 6. The minimum atomic E-state index is -5.03. The van der Waals surface area contributed by atoms with E-state index >= 15 is 0 Å². The largest absolute Gasteiger partial charge is 0.416 e. The lowest BCUT2D eigenvalue weighted by molar-refractivity contribution is -0.143. The average Bonchev–Trinajstić information content (AvgIpc) is 3.55. The predicted molar refractivity (Wildman–Crippen MR) is 139 cm³/mol. The van der Waals surface area contributed by atoms with Crippen molar-refractivity contribution in [2.24, 2.45) is 0 Å². The number of carbonyl (C=O) groups is 1. The molecular formula is C29H30F6N4O2. The first-order chi connectivity index (χ1) is 19.5. The monoisotopic (exact) mass is 580 g/mol. The SMILES string of the molecule is O=C(c1cc(C(F)(F)F)cc(C(F)(F)F)c1)N1CC2CC(N3CCOCC3)CN2CC1Cc1c[nH]c2ccccc12. The summed E-state index contributed by atoms with van der Waals surface area (Å²) in [6.45, 7) is 4.39. The van der Waals surface area contributed by atoms with Crippen LogP contribution in [0.2, 0.25) is 0 Å². The molecule has 3 aliphatic rings. The highest BCUT2D eigenvalue weighted by molar-refractivity contribution is 5.95. The number of fused-ring (bicyclic) bond motifs is 2. The number of nitrogens with one attached hydrogen (secondary N) is 1. The number of amides is 1. The van der Waals surface area contributed by atoms with Gasteiger partial charge in [-0.1, -0.05) is 18.2 Å². The van der Waals surface area contributed by atoms with E-state index in [-0.39, 0.29) is 24.7 Å². The number of para-hydroxylation sites is 1. The van der Waals surface area contributed by atoms with Crippen LogP contribution in [0.4, 0.5) is 26.3 Å². The second-order valence-corrected chi connectivity index (χ2v) is 11.1. The summed E-state index contributed by atoms with van der Waals surface area (Å²) in [6, 6.07) is 8.57. The Balaban J connectivity index is 1.34. The number of morpholine rings is 1. The maximum Gasteiger partial charge on any atom is 0.416 e. The van der Waals surface area contributed by atoms with Crippen molar-refractivity contribution in [3.05, 3.63) is 70.9 Å². The van der Waals surface area contributed by atoms with Gasteiger partial charge in [0.15, 0.2) is 0 Å². The topological polar surface area (TPSA) is 51.8 Å². The number of carbonyl (C=O) groups excluding carboxylic acids is 1. The van der Waals surface area contributed by atoms with Crippen LogP contribution in [0.1, 0.15) is 33.5 Å². The van der Waals surface area contributed by atoms with Crippen LogP contribution in [-0.2, 0) is 23.5 Å². The van der Waals surface area contributed by atoms with Crippen molar-refractivity contribution in [2.45, 2.75) is 43.3 Å². The van der Waals surface area contributed by atoms with E-state index in [0.717, 1.165) is 42.5 Å². The van der Waals surface area contributed by atoms with E-state index in [4.69, 9.17) is 4.74 Å². The Labute approximate surface area is 232 Å². The van der Waals surface area contributed by atoms with Crippen molar-refractivity contribution >= 4 is 16.8 Å². The quantitative estimate of drug-likeness (QED) is 0.439. The fraction of sp³-hybridized carbons (Fsp3) is 0.483. The first kappa shape index (κ1) is 28.0. The van der Waals surface area contributed by atoms with E-state index in [1.165, 1.54) is 4.90 Å². The van der Waals surface area contributed by atoms with Crippen molar-refractivity contribution in [3.63, 3.8) is 0 Å². The van der Waals surface area contributed by atoms with Crippen LogP contribution in [0.3, 0.4) is 0 Å². The van der Waals surface area contributed by atoms with Gasteiger partial charge in [-0.25, -0.2) is 0 Å². The Hall–Kier alpha value is -3.09. The van der Waals surface area contributed by atoms with Crippen molar-refractivity contribution in [1.29, 1.82) is 0 Å². The minimum Gasteiger partial charge on any atom is -0.379 e. The molecule has 1 aromatic heterocycles. The molecule has 3 saturated heterocycles. The Bertz CT molecular complexity index is 1380. The van der Waals surface area contributed by atoms with Crippen LogP contribution in [0.25, 0.3) is 10.9 Å². The summed E-state index contributed by atoms with van der Waals surface area (Å²) >= 11 is 0. The molecule has 3 aromatic rings. The maximum absolute atomic E-state index is 13.9. The normalized spacial score (nSPS) is 24.6. The molecule has 41 heavy (non-hydrogen) atoms. The summed E-state index contributed by atoms with van der Waals surface area (Å²) < 4.78 is 87.1. The maximum atomic E-state index is 13.9. The second kappa shape index (κ2) is 10.6. The second-order valence-electron chi connectivity index (χ2n) is 11.1. The summed E-state index contributed by atoms with van der Waals surface area (Å²) in [4.78, 5) is 23.3. The van der Waals surface area contributed by atoms with E-state index in [1.54, 1.807) is 0 Å². The number of H-pyrrole nitrogens is 1. The van der Waals surface area contributed by atoms with Crippen LogP contribution in [-0.4, -0.2) is 89.7 Å². The average molecular weight is 581 g/mol. The number of piperazine rings is 1. The summed E-state index contributed by atoms with van der Waals surface area (Å²) in [6.07, 6.45) is -7.04. The van der Waals surface area contributed by atoms with Gasteiger partial charge in [-0.2, -0.15) is 26.3 Å². The standard InChI is InChI=1S/C29H30F6N4O2/c30-28(31,32)20-9-18(10-21(12-20)29(33,34)35)27(40)39-17-23-13-22(37-5-7-41-8-6-37)15-38(23)16-24(39)11-19-14-36-26-4-2-1-3-25(19)26/h1-4,9-10,12,14,22-24,36H,5-8,11,13,15-17H2. The highest BCUT2D eigenvalue weighted by atomic mass is 19.4. The number of aromatic amines is 1. The van der Waals surface area contributed by atoms with Crippen molar-refractivity contribution in [3.8, 4) is 0 Å². The lowest BCUT2D eigenvalue weighted by atomic mass is 9.97. The Kier molecular flexibility index (Phi) is 7.27. The van der Waals surface area contributed by atoms with Gasteiger partial charge in [0.2, 0.25) is 0 Å². The molecule has 0 aliphatic carbocycles. The van der Waals surface area contributed by atoms with E-state index in [2.05, 4.69) is 14.8 Å². The zero-order chi connectivity index (χ0) is 28.9. The third kappa shape index (κ3) is 5.69. The number of rotatable bonds is 4. The number of alkyl halides is 6. The molecule has 220 valence electrons. The number of hydrogen-bond acceptors (Lipinski definition) is 4. The van der Waals surface area contributed by atoms with E-state index in [9.17, 15) is 31.1 Å². The van der Waals surface area contributed by atoms with Gasteiger partial charge in [-0.3, -0.25) is 14.6 Å². The van der Waals surface area contributed by atoms with Crippen molar-refractivity contribution in [2.75, 3.05) is 45.9 Å². The highest BCUT2D eigenvalue weighted by Crippen LogP contribution is 2.38. The Morgan fingerprint density at radius 1 is 0.878 bits per heavy atom. The summed E-state index contributed by atoms with van der Waals surface area (Å²) in [5.74, 6) is -0.819. The smallest absolute Gasteiger partial charge is 0.379 e. The Morgan fingerprint density at radius 3 is 2.22 bits per heavy atom. The molecular weight excluding hydrogens is 550 g/mol. The first-order valence-electron chi connectivity index (χ1n) is 13.7. The van der Waals surface area contributed by atoms with Gasteiger partial charge in [0.25, 0.3) is 5.91 Å². The van der Waals surface area contributed by atoms with Gasteiger partial charge in [0.05, 0.1) is 24.3 Å². The molecule has 1 N–H and O–H groups in total. The fourth-order valence-corrected chi connectivity index (χ4v) is 6.55. The molecule has 12 heteroatoms. The molecule has 0 saturated carbocycles. The van der Waals surface area contributed by atoms with Gasteiger partial charge >= 0.3 is 12.4 Å². The highest BCUT2D eigenvalue weighted by Gasteiger charge is 2.45. The van der Waals surface area contributed by atoms with Crippen LogP contribution in [0.15, 0.2) is 48.7 Å². The third-order valence-corrected chi connectivity index (χ3v) is 8.59. The molecule has 2 aromatic carbocycles. The van der Waals surface area contributed by atoms with Gasteiger partial charge < -0.3 is 14.6 Å². The fourth-order valence-electron chi connectivity index (χ4n) is 6.55. The van der Waals surface area contributed by atoms with Crippen molar-refractivity contribution in [1.82, 2.24) is 19.7 Å². The first-order valence-corrected chi connectivity index (χ1v) is 13.7. The predicted octanol–water partition coefficient (Wildman–Crippen LogP) is 5.05. The van der Waals surface area contributed by atoms with Crippen LogP contribution in [0.5, 0.6) is 0 Å². The molecule has 6 rings (SSSR count). The Morgan fingerprint density at radius 2 is 1.54 bits per heavy atom. The zero-order valence-corrected chi connectivity index (χ0v) is 22.1. The molecule has 0 radical (unpaired) electrons. The lowest BCUT2D eigenvalue weighted by Crippen LogP contribution is -2.58. The number of ether oxygens (including phenoxy) is 1. The van der Waals surface area contributed by atoms with Gasteiger partial charge in [0, 0.05) is 73.5 Å². The van der Waals surface area contributed by atoms with Gasteiger partial charge in [-0.15, -0.1) is 0 Å². The molecule has 3 fully saturated rings. The molecule has 4 heterocycles. The van der Waals surface area contributed by atoms with Crippen molar-refractivity contribution < 1.29 is 35.9 Å². The number of benzene rings is 2.